The average Bonchev–Trinajstić information content (AvgIpc) is 3.29. The van der Waals surface area contributed by atoms with Gasteiger partial charge in [0.15, 0.2) is 11.5 Å². The summed E-state index contributed by atoms with van der Waals surface area (Å²) in [6, 6.07) is 0.370. The van der Waals surface area contributed by atoms with Gasteiger partial charge in [-0.3, -0.25) is 0 Å². The number of imidazole rings is 1. The van der Waals surface area contributed by atoms with Crippen LogP contribution in [0.15, 0.2) is 6.33 Å². The number of nitrogens with one attached hydrogen (secondary N) is 1. The lowest BCUT2D eigenvalue weighted by Gasteiger charge is -2.17. The fraction of sp³-hybridized carbons (Fsp3) is 0.688. The molecule has 2 saturated carbocycles. The number of anilines is 1. The molecule has 0 amide bonds. The van der Waals surface area contributed by atoms with E-state index in [1.54, 1.807) is 6.33 Å². The van der Waals surface area contributed by atoms with Gasteiger partial charge < -0.3 is 9.88 Å². The maximum absolute atomic E-state index is 13.2. The topological polar surface area (TPSA) is 55.6 Å². The lowest BCUT2D eigenvalue weighted by atomic mass is 10.1. The molecule has 2 aliphatic rings. The van der Waals surface area contributed by atoms with Crippen molar-refractivity contribution in [1.82, 2.24) is 19.5 Å². The first-order valence-electron chi connectivity index (χ1n) is 8.60. The normalized spacial score (nSPS) is 20.3. The fourth-order valence-electron chi connectivity index (χ4n) is 3.37. The van der Waals surface area contributed by atoms with E-state index in [-0.39, 0.29) is 17.9 Å². The third-order valence-corrected chi connectivity index (χ3v) is 4.81. The van der Waals surface area contributed by atoms with Crippen molar-refractivity contribution in [2.45, 2.75) is 69.6 Å². The molecule has 2 fully saturated rings. The third kappa shape index (κ3) is 3.06. The molecule has 2 aliphatic carbocycles. The second-order valence-corrected chi connectivity index (χ2v) is 6.78. The minimum Gasteiger partial charge on any atom is -0.365 e. The summed E-state index contributed by atoms with van der Waals surface area (Å²) in [6.45, 7) is 0. The molecule has 2 heterocycles. The molecular formula is C16H20F3N5. The number of fused-ring (bicyclic) bond motifs is 1. The Morgan fingerprint density at radius 3 is 2.33 bits per heavy atom. The zero-order valence-electron chi connectivity index (χ0n) is 13.3. The quantitative estimate of drug-likeness (QED) is 0.847. The van der Waals surface area contributed by atoms with Crippen LogP contribution in [0.2, 0.25) is 0 Å². The Balaban J connectivity index is 1.80. The van der Waals surface area contributed by atoms with E-state index in [0.717, 1.165) is 38.5 Å². The molecule has 0 radical (unpaired) electrons. The number of hydrogen-bond acceptors (Lipinski definition) is 4. The highest BCUT2D eigenvalue weighted by molar-refractivity contribution is 5.83. The molecular weight excluding hydrogens is 319 g/mol. The summed E-state index contributed by atoms with van der Waals surface area (Å²) in [5, 5.41) is 3.07. The zero-order valence-corrected chi connectivity index (χ0v) is 13.3. The first-order chi connectivity index (χ1) is 11.5. The van der Waals surface area contributed by atoms with Crippen LogP contribution in [-0.2, 0) is 6.18 Å². The lowest BCUT2D eigenvalue weighted by molar-refractivity contribution is -0.144. The molecule has 130 valence electrons. The van der Waals surface area contributed by atoms with Crippen LogP contribution in [0.3, 0.4) is 0 Å². The van der Waals surface area contributed by atoms with Crippen molar-refractivity contribution in [3.8, 4) is 0 Å². The number of hydrogen-bond donors (Lipinski definition) is 1. The van der Waals surface area contributed by atoms with Gasteiger partial charge in [-0.1, -0.05) is 25.7 Å². The molecule has 0 saturated heterocycles. The van der Waals surface area contributed by atoms with Gasteiger partial charge in [0.1, 0.15) is 5.52 Å². The molecule has 0 aliphatic heterocycles. The fourth-order valence-corrected chi connectivity index (χ4v) is 3.37. The predicted molar refractivity (Wildman–Crippen MR) is 83.7 cm³/mol. The Labute approximate surface area is 137 Å². The van der Waals surface area contributed by atoms with Crippen LogP contribution in [0, 0.1) is 0 Å². The van der Waals surface area contributed by atoms with Crippen LogP contribution < -0.4 is 5.32 Å². The molecule has 2 aromatic rings. The Morgan fingerprint density at radius 1 is 1.00 bits per heavy atom. The molecule has 5 nitrogen and oxygen atoms in total. The van der Waals surface area contributed by atoms with Crippen LogP contribution in [0.1, 0.15) is 63.2 Å². The molecule has 24 heavy (non-hydrogen) atoms. The third-order valence-electron chi connectivity index (χ3n) is 4.81. The second kappa shape index (κ2) is 5.89. The van der Waals surface area contributed by atoms with Gasteiger partial charge in [-0.15, -0.1) is 0 Å². The number of rotatable bonds is 3. The summed E-state index contributed by atoms with van der Waals surface area (Å²) < 4.78 is 41.5. The summed E-state index contributed by atoms with van der Waals surface area (Å²) in [4.78, 5) is 11.9. The highest BCUT2D eigenvalue weighted by atomic mass is 19.4. The van der Waals surface area contributed by atoms with Crippen LogP contribution >= 0.6 is 0 Å². The maximum Gasteiger partial charge on any atom is 0.451 e. The summed E-state index contributed by atoms with van der Waals surface area (Å²) >= 11 is 0. The van der Waals surface area contributed by atoms with Gasteiger partial charge in [0, 0.05) is 12.1 Å². The van der Waals surface area contributed by atoms with Crippen molar-refractivity contribution < 1.29 is 13.2 Å². The average molecular weight is 339 g/mol. The Hall–Kier alpha value is -1.86. The lowest BCUT2D eigenvalue weighted by Crippen LogP contribution is -2.16. The minimum absolute atomic E-state index is 0.169. The van der Waals surface area contributed by atoms with E-state index in [2.05, 4.69) is 20.3 Å². The number of aromatic nitrogens is 4. The first kappa shape index (κ1) is 15.7. The van der Waals surface area contributed by atoms with Gasteiger partial charge in [0.05, 0.1) is 6.33 Å². The molecule has 0 aromatic carbocycles. The molecule has 0 bridgehead atoms. The monoisotopic (exact) mass is 339 g/mol. The largest absolute Gasteiger partial charge is 0.451 e. The molecule has 2 aromatic heterocycles. The Bertz CT molecular complexity index is 727. The smallest absolute Gasteiger partial charge is 0.365 e. The second-order valence-electron chi connectivity index (χ2n) is 6.78. The molecule has 0 atom stereocenters. The molecule has 4 rings (SSSR count). The van der Waals surface area contributed by atoms with Crippen molar-refractivity contribution in [1.29, 1.82) is 0 Å². The van der Waals surface area contributed by atoms with Crippen molar-refractivity contribution in [3.63, 3.8) is 0 Å². The van der Waals surface area contributed by atoms with Crippen LogP contribution in [-0.4, -0.2) is 25.6 Å². The first-order valence-corrected chi connectivity index (χ1v) is 8.60. The van der Waals surface area contributed by atoms with Gasteiger partial charge >= 0.3 is 6.18 Å². The van der Waals surface area contributed by atoms with E-state index in [1.807, 2.05) is 4.57 Å². The van der Waals surface area contributed by atoms with E-state index in [4.69, 9.17) is 0 Å². The van der Waals surface area contributed by atoms with E-state index in [1.165, 1.54) is 12.8 Å². The summed E-state index contributed by atoms with van der Waals surface area (Å²) in [7, 11) is 0. The van der Waals surface area contributed by atoms with Crippen LogP contribution in [0.4, 0.5) is 19.0 Å². The Kier molecular flexibility index (Phi) is 3.85. The van der Waals surface area contributed by atoms with Gasteiger partial charge in [-0.25, -0.2) is 15.0 Å². The van der Waals surface area contributed by atoms with Crippen molar-refractivity contribution in [3.05, 3.63) is 12.2 Å². The zero-order chi connectivity index (χ0) is 16.7. The molecule has 0 spiro atoms. The highest BCUT2D eigenvalue weighted by Gasteiger charge is 2.37. The summed E-state index contributed by atoms with van der Waals surface area (Å²) in [5.74, 6) is -0.879. The summed E-state index contributed by atoms with van der Waals surface area (Å²) in [5.41, 5.74) is 0.742. The van der Waals surface area contributed by atoms with Crippen molar-refractivity contribution in [2.75, 3.05) is 5.32 Å². The number of alkyl halides is 3. The van der Waals surface area contributed by atoms with Gasteiger partial charge in [-0.2, -0.15) is 13.2 Å². The van der Waals surface area contributed by atoms with E-state index >= 15 is 0 Å². The van der Waals surface area contributed by atoms with Gasteiger partial charge in [0.25, 0.3) is 0 Å². The summed E-state index contributed by atoms with van der Waals surface area (Å²) in [6.07, 6.45) is 5.45. The van der Waals surface area contributed by atoms with Crippen molar-refractivity contribution >= 4 is 17.0 Å². The van der Waals surface area contributed by atoms with Crippen LogP contribution in [0.25, 0.3) is 11.2 Å². The highest BCUT2D eigenvalue weighted by Crippen LogP contribution is 2.35. The maximum atomic E-state index is 13.2. The van der Waals surface area contributed by atoms with Crippen molar-refractivity contribution in [2.24, 2.45) is 0 Å². The standard InChI is InChI=1S/C16H20F3N5/c17-16(18,19)15-22-13(21-10-7-8-10)12-14(23-15)24(9-20-12)11-5-3-1-2-4-6-11/h9-11H,1-8H2,(H,21,22,23). The van der Waals surface area contributed by atoms with E-state index in [0.29, 0.717) is 11.2 Å². The van der Waals surface area contributed by atoms with E-state index in [9.17, 15) is 13.2 Å². The predicted octanol–water partition coefficient (Wildman–Crippen LogP) is 4.31. The number of nitrogens with zero attached hydrogens (tertiary/aromatic N) is 4. The Morgan fingerprint density at radius 2 is 1.71 bits per heavy atom. The SMILES string of the molecule is FC(F)(F)c1nc(NC2CC2)c2ncn(C3CCCCCC3)c2n1. The number of halogens is 3. The minimum atomic E-state index is -4.56. The molecule has 8 heteroatoms. The van der Waals surface area contributed by atoms with E-state index < -0.39 is 12.0 Å². The van der Waals surface area contributed by atoms with Gasteiger partial charge in [0.2, 0.25) is 5.82 Å². The molecule has 0 unspecified atom stereocenters. The molecule has 1 N–H and O–H groups in total. The van der Waals surface area contributed by atoms with Gasteiger partial charge in [-0.05, 0) is 25.7 Å². The van der Waals surface area contributed by atoms with Crippen LogP contribution in [0.5, 0.6) is 0 Å².